The Morgan fingerprint density at radius 1 is 0.920 bits per heavy atom. The van der Waals surface area contributed by atoms with Crippen molar-refractivity contribution in [3.8, 4) is 11.1 Å². The normalized spacial score (nSPS) is 11.1. The zero-order valence-corrected chi connectivity index (χ0v) is 14.4. The number of fused-ring (bicyclic) bond motifs is 1. The molecule has 0 aliphatic rings. The second-order valence-electron chi connectivity index (χ2n) is 5.98. The van der Waals surface area contributed by atoms with Crippen molar-refractivity contribution in [3.05, 3.63) is 77.8 Å². The molecule has 4 aromatic rings. The lowest BCUT2D eigenvalue weighted by molar-refractivity contribution is 0.579. The van der Waals surface area contributed by atoms with Crippen LogP contribution in [0.1, 0.15) is 12.0 Å². The smallest absolute Gasteiger partial charge is 0.129 e. The number of pyridine rings is 2. The average molecular weight is 349 g/mol. The minimum atomic E-state index is 0.475. The van der Waals surface area contributed by atoms with Gasteiger partial charge in [0, 0.05) is 30.1 Å². The van der Waals surface area contributed by atoms with Crippen LogP contribution in [0.5, 0.6) is 0 Å². The lowest BCUT2D eigenvalue weighted by Gasteiger charge is -2.02. The second-order valence-corrected chi connectivity index (χ2v) is 6.36. The molecule has 0 saturated carbocycles. The first-order valence-electron chi connectivity index (χ1n) is 8.27. The third-order valence-corrected chi connectivity index (χ3v) is 4.38. The van der Waals surface area contributed by atoms with Crippen LogP contribution in [0.3, 0.4) is 0 Å². The Hall–Kier alpha value is -2.72. The molecule has 0 amide bonds. The van der Waals surface area contributed by atoms with Gasteiger partial charge in [0.2, 0.25) is 0 Å². The van der Waals surface area contributed by atoms with Gasteiger partial charge in [-0.25, -0.2) is 4.98 Å². The summed E-state index contributed by atoms with van der Waals surface area (Å²) >= 11 is 5.97. The van der Waals surface area contributed by atoms with Gasteiger partial charge >= 0.3 is 0 Å². The van der Waals surface area contributed by atoms with Gasteiger partial charge in [0.1, 0.15) is 5.15 Å². The first-order chi connectivity index (χ1) is 12.3. The number of rotatable bonds is 5. The number of nitrogens with zero attached hydrogens (tertiary/aromatic N) is 4. The lowest BCUT2D eigenvalue weighted by atomic mass is 10.1. The highest BCUT2D eigenvalue weighted by molar-refractivity contribution is 6.29. The summed E-state index contributed by atoms with van der Waals surface area (Å²) in [7, 11) is 0. The molecule has 0 aliphatic heterocycles. The van der Waals surface area contributed by atoms with E-state index in [0.29, 0.717) is 5.15 Å². The summed E-state index contributed by atoms with van der Waals surface area (Å²) in [5.74, 6) is 0. The highest BCUT2D eigenvalue weighted by atomic mass is 35.5. The predicted octanol–water partition coefficient (Wildman–Crippen LogP) is 4.78. The fourth-order valence-corrected chi connectivity index (χ4v) is 3.02. The van der Waals surface area contributed by atoms with Crippen LogP contribution in [0.2, 0.25) is 5.15 Å². The van der Waals surface area contributed by atoms with Crippen molar-refractivity contribution >= 4 is 22.6 Å². The van der Waals surface area contributed by atoms with Gasteiger partial charge in [-0.1, -0.05) is 41.9 Å². The molecule has 0 bridgehead atoms. The number of benzene rings is 1. The van der Waals surface area contributed by atoms with Gasteiger partial charge in [0.25, 0.3) is 0 Å². The van der Waals surface area contributed by atoms with Gasteiger partial charge in [-0.15, -0.1) is 0 Å². The van der Waals surface area contributed by atoms with Crippen LogP contribution in [0.4, 0.5) is 0 Å². The van der Waals surface area contributed by atoms with Gasteiger partial charge < -0.3 is 0 Å². The first-order valence-corrected chi connectivity index (χ1v) is 8.65. The highest BCUT2D eigenvalue weighted by Crippen LogP contribution is 2.22. The summed E-state index contributed by atoms with van der Waals surface area (Å²) in [5.41, 5.74) is 5.02. The minimum absolute atomic E-state index is 0.475. The number of aromatic nitrogens is 4. The van der Waals surface area contributed by atoms with E-state index in [-0.39, 0.29) is 0 Å². The van der Waals surface area contributed by atoms with Gasteiger partial charge in [-0.3, -0.25) is 9.67 Å². The van der Waals surface area contributed by atoms with Crippen molar-refractivity contribution in [1.82, 2.24) is 19.7 Å². The van der Waals surface area contributed by atoms with Crippen LogP contribution < -0.4 is 0 Å². The zero-order chi connectivity index (χ0) is 17.1. The predicted molar refractivity (Wildman–Crippen MR) is 101 cm³/mol. The number of halogens is 1. The van der Waals surface area contributed by atoms with E-state index in [9.17, 15) is 0 Å². The maximum atomic E-state index is 5.97. The van der Waals surface area contributed by atoms with E-state index in [1.54, 1.807) is 6.07 Å². The quantitative estimate of drug-likeness (QED) is 0.487. The van der Waals surface area contributed by atoms with E-state index < -0.39 is 0 Å². The molecule has 0 atom stereocenters. The summed E-state index contributed by atoms with van der Waals surface area (Å²) in [6, 6.07) is 16.1. The molecule has 0 N–H and O–H groups in total. The number of hydrogen-bond acceptors (Lipinski definition) is 3. The summed E-state index contributed by atoms with van der Waals surface area (Å²) in [4.78, 5) is 8.78. The maximum absolute atomic E-state index is 5.97. The molecule has 1 aromatic carbocycles. The molecule has 3 aromatic heterocycles. The van der Waals surface area contributed by atoms with Crippen LogP contribution >= 0.6 is 11.6 Å². The van der Waals surface area contributed by atoms with Crippen molar-refractivity contribution in [1.29, 1.82) is 0 Å². The summed E-state index contributed by atoms with van der Waals surface area (Å²) < 4.78 is 1.98. The number of aryl methyl sites for hydroxylation is 2. The molecule has 0 fully saturated rings. The zero-order valence-electron chi connectivity index (χ0n) is 13.6. The molecule has 4 nitrogen and oxygen atoms in total. The molecule has 0 spiro atoms. The van der Waals surface area contributed by atoms with E-state index in [1.807, 2.05) is 35.3 Å². The molecule has 0 radical (unpaired) electrons. The average Bonchev–Trinajstić information content (AvgIpc) is 3.11. The van der Waals surface area contributed by atoms with Crippen LogP contribution in [-0.4, -0.2) is 19.7 Å². The fraction of sp³-hybridized carbons (Fsp3) is 0.150. The molecule has 4 rings (SSSR count). The monoisotopic (exact) mass is 348 g/mol. The fourth-order valence-electron chi connectivity index (χ4n) is 2.86. The third-order valence-electron chi connectivity index (χ3n) is 4.17. The van der Waals surface area contributed by atoms with E-state index in [4.69, 9.17) is 11.6 Å². The Balaban J connectivity index is 1.47. The lowest BCUT2D eigenvalue weighted by Crippen LogP contribution is -1.99. The molecule has 5 heteroatoms. The number of hydrogen-bond donors (Lipinski definition) is 0. The summed E-state index contributed by atoms with van der Waals surface area (Å²) in [6.45, 7) is 0.889. The highest BCUT2D eigenvalue weighted by Gasteiger charge is 2.05. The van der Waals surface area contributed by atoms with E-state index in [2.05, 4.69) is 45.5 Å². The molecule has 0 unspecified atom stereocenters. The van der Waals surface area contributed by atoms with Crippen molar-refractivity contribution in [2.45, 2.75) is 19.4 Å². The van der Waals surface area contributed by atoms with Gasteiger partial charge in [0.05, 0.1) is 17.2 Å². The van der Waals surface area contributed by atoms with Crippen molar-refractivity contribution in [2.24, 2.45) is 0 Å². The summed E-state index contributed by atoms with van der Waals surface area (Å²) in [6.07, 6.45) is 7.88. The van der Waals surface area contributed by atoms with Crippen molar-refractivity contribution < 1.29 is 0 Å². The van der Waals surface area contributed by atoms with Crippen LogP contribution in [-0.2, 0) is 13.0 Å². The molecule has 3 heterocycles. The van der Waals surface area contributed by atoms with Gasteiger partial charge in [-0.05, 0) is 36.6 Å². The van der Waals surface area contributed by atoms with E-state index in [0.717, 1.165) is 41.5 Å². The van der Waals surface area contributed by atoms with Crippen LogP contribution in [0, 0.1) is 0 Å². The molecule has 25 heavy (non-hydrogen) atoms. The van der Waals surface area contributed by atoms with Crippen LogP contribution in [0.25, 0.3) is 22.2 Å². The maximum Gasteiger partial charge on any atom is 0.129 e. The van der Waals surface area contributed by atoms with Gasteiger partial charge in [0.15, 0.2) is 0 Å². The Labute approximate surface area is 151 Å². The molecular weight excluding hydrogens is 332 g/mol. The molecule has 124 valence electrons. The van der Waals surface area contributed by atoms with Gasteiger partial charge in [-0.2, -0.15) is 5.10 Å². The molecule has 0 aliphatic carbocycles. The Bertz CT molecular complexity index is 995. The SMILES string of the molecule is Clc1ccc2ncc(-c3cnn(CCCc4ccccc4)c3)cc2n1. The van der Waals surface area contributed by atoms with Crippen molar-refractivity contribution in [2.75, 3.05) is 0 Å². The Kier molecular flexibility index (Phi) is 4.44. The molecule has 0 saturated heterocycles. The first kappa shape index (κ1) is 15.8. The molecular formula is C20H17ClN4. The largest absolute Gasteiger partial charge is 0.272 e. The summed E-state index contributed by atoms with van der Waals surface area (Å²) in [5, 5.41) is 4.94. The third kappa shape index (κ3) is 3.69. The van der Waals surface area contributed by atoms with Crippen molar-refractivity contribution in [3.63, 3.8) is 0 Å². The Morgan fingerprint density at radius 3 is 2.68 bits per heavy atom. The van der Waals surface area contributed by atoms with Crippen LogP contribution in [0.15, 0.2) is 67.1 Å². The Morgan fingerprint density at radius 2 is 1.80 bits per heavy atom. The minimum Gasteiger partial charge on any atom is -0.272 e. The topological polar surface area (TPSA) is 43.6 Å². The second kappa shape index (κ2) is 7.03. The van der Waals surface area contributed by atoms with E-state index in [1.165, 1.54) is 5.56 Å². The van der Waals surface area contributed by atoms with E-state index >= 15 is 0 Å². The standard InChI is InChI=1S/C20H17ClN4/c21-20-9-8-18-19(24-20)11-16(12-22-18)17-13-23-25(14-17)10-4-7-15-5-2-1-3-6-15/h1-3,5-6,8-9,11-14H,4,7,10H2.